The van der Waals surface area contributed by atoms with Gasteiger partial charge in [0.25, 0.3) is 5.91 Å². The molecule has 2 aromatic carbocycles. The van der Waals surface area contributed by atoms with E-state index in [2.05, 4.69) is 10.9 Å². The zero-order valence-electron chi connectivity index (χ0n) is 12.3. The third kappa shape index (κ3) is 4.24. The van der Waals surface area contributed by atoms with E-state index in [1.807, 2.05) is 0 Å². The Kier molecular flexibility index (Phi) is 4.98. The third-order valence-electron chi connectivity index (χ3n) is 2.79. The molecule has 0 spiro atoms. The van der Waals surface area contributed by atoms with Crippen molar-refractivity contribution in [3.63, 3.8) is 0 Å². The van der Waals surface area contributed by atoms with Gasteiger partial charge < -0.3 is 9.47 Å². The number of hydrogen-bond acceptors (Lipinski definition) is 5. The Labute approximate surface area is 128 Å². The van der Waals surface area contributed by atoms with Gasteiger partial charge in [0.05, 0.1) is 12.8 Å². The molecule has 0 radical (unpaired) electrons. The lowest BCUT2D eigenvalue weighted by molar-refractivity contribution is -0.131. The van der Waals surface area contributed by atoms with Crippen LogP contribution in [0.2, 0.25) is 0 Å². The summed E-state index contributed by atoms with van der Waals surface area (Å²) in [6.45, 7) is 1.32. The lowest BCUT2D eigenvalue weighted by Crippen LogP contribution is -2.29. The number of carbonyl (C=O) groups is 2. The summed E-state index contributed by atoms with van der Waals surface area (Å²) in [4.78, 5) is 22.8. The van der Waals surface area contributed by atoms with E-state index < -0.39 is 5.97 Å². The van der Waals surface area contributed by atoms with E-state index in [-0.39, 0.29) is 5.91 Å². The van der Waals surface area contributed by atoms with Gasteiger partial charge >= 0.3 is 5.97 Å². The van der Waals surface area contributed by atoms with Crippen LogP contribution in [-0.4, -0.2) is 19.0 Å². The van der Waals surface area contributed by atoms with Gasteiger partial charge in [-0.2, -0.15) is 0 Å². The minimum atomic E-state index is -0.404. The topological polar surface area (TPSA) is 76.7 Å². The van der Waals surface area contributed by atoms with Gasteiger partial charge in [0.1, 0.15) is 11.5 Å². The Bertz CT molecular complexity index is 651. The summed E-state index contributed by atoms with van der Waals surface area (Å²) in [6, 6.07) is 13.4. The molecule has 6 heteroatoms. The first-order valence-electron chi connectivity index (χ1n) is 6.57. The van der Waals surface area contributed by atoms with E-state index in [0.29, 0.717) is 11.3 Å². The summed E-state index contributed by atoms with van der Waals surface area (Å²) in [5.74, 6) is 0.425. The van der Waals surface area contributed by atoms with Crippen molar-refractivity contribution >= 4 is 17.6 Å². The molecule has 0 aliphatic heterocycles. The van der Waals surface area contributed by atoms with E-state index in [9.17, 15) is 9.59 Å². The number of esters is 1. The maximum Gasteiger partial charge on any atom is 0.308 e. The number of hydrogen-bond donors (Lipinski definition) is 2. The lowest BCUT2D eigenvalue weighted by atomic mass is 10.2. The van der Waals surface area contributed by atoms with E-state index in [4.69, 9.17) is 9.47 Å². The molecule has 2 aromatic rings. The SMILES string of the molecule is COc1ccc(NNC(=O)c2ccc(OC(C)=O)cc2)cc1. The number of benzene rings is 2. The van der Waals surface area contributed by atoms with Gasteiger partial charge in [0, 0.05) is 12.5 Å². The van der Waals surface area contributed by atoms with E-state index in [1.165, 1.54) is 6.92 Å². The lowest BCUT2D eigenvalue weighted by Gasteiger charge is -2.09. The number of hydrazine groups is 1. The molecule has 1 amide bonds. The van der Waals surface area contributed by atoms with Gasteiger partial charge in [-0.15, -0.1) is 0 Å². The largest absolute Gasteiger partial charge is 0.497 e. The summed E-state index contributed by atoms with van der Waals surface area (Å²) < 4.78 is 9.95. The van der Waals surface area contributed by atoms with Gasteiger partial charge in [0.15, 0.2) is 0 Å². The summed E-state index contributed by atoms with van der Waals surface area (Å²) in [5.41, 5.74) is 6.55. The second-order valence-corrected chi connectivity index (χ2v) is 4.43. The van der Waals surface area contributed by atoms with Crippen molar-refractivity contribution < 1.29 is 19.1 Å². The fraction of sp³-hybridized carbons (Fsp3) is 0.125. The Balaban J connectivity index is 1.92. The molecule has 2 N–H and O–H groups in total. The fourth-order valence-electron chi connectivity index (χ4n) is 1.72. The van der Waals surface area contributed by atoms with Crippen LogP contribution < -0.4 is 20.3 Å². The van der Waals surface area contributed by atoms with Crippen LogP contribution in [0, 0.1) is 0 Å². The van der Waals surface area contributed by atoms with Crippen LogP contribution in [0.1, 0.15) is 17.3 Å². The number of methoxy groups -OCH3 is 1. The quantitative estimate of drug-likeness (QED) is 0.503. The second kappa shape index (κ2) is 7.12. The van der Waals surface area contributed by atoms with E-state index in [1.54, 1.807) is 55.6 Å². The van der Waals surface area contributed by atoms with E-state index >= 15 is 0 Å². The van der Waals surface area contributed by atoms with Crippen molar-refractivity contribution in [1.29, 1.82) is 0 Å². The summed E-state index contributed by atoms with van der Waals surface area (Å²) >= 11 is 0. The molecule has 0 aliphatic carbocycles. The Morgan fingerprint density at radius 1 is 0.909 bits per heavy atom. The van der Waals surface area contributed by atoms with Crippen LogP contribution in [0.25, 0.3) is 0 Å². The number of amides is 1. The molecule has 0 heterocycles. The maximum absolute atomic E-state index is 12.0. The van der Waals surface area contributed by atoms with Crippen molar-refractivity contribution in [2.45, 2.75) is 6.92 Å². The molecule has 0 atom stereocenters. The molecule has 0 aromatic heterocycles. The second-order valence-electron chi connectivity index (χ2n) is 4.43. The zero-order valence-corrected chi connectivity index (χ0v) is 12.3. The van der Waals surface area contributed by atoms with Crippen molar-refractivity contribution in [3.8, 4) is 11.5 Å². The van der Waals surface area contributed by atoms with Crippen LogP contribution in [-0.2, 0) is 4.79 Å². The minimum Gasteiger partial charge on any atom is -0.497 e. The molecule has 0 saturated heterocycles. The van der Waals surface area contributed by atoms with Gasteiger partial charge in [-0.1, -0.05) is 0 Å². The zero-order chi connectivity index (χ0) is 15.9. The molecule has 0 aliphatic rings. The number of anilines is 1. The molecule has 0 unspecified atom stereocenters. The van der Waals surface area contributed by atoms with Crippen LogP contribution in [0.4, 0.5) is 5.69 Å². The Morgan fingerprint density at radius 3 is 2.05 bits per heavy atom. The molecule has 6 nitrogen and oxygen atoms in total. The van der Waals surface area contributed by atoms with Crippen molar-refractivity contribution in [2.24, 2.45) is 0 Å². The predicted molar refractivity (Wildman–Crippen MR) is 81.8 cm³/mol. The summed E-state index contributed by atoms with van der Waals surface area (Å²) in [5, 5.41) is 0. The third-order valence-corrected chi connectivity index (χ3v) is 2.79. The first kappa shape index (κ1) is 15.4. The van der Waals surface area contributed by atoms with Gasteiger partial charge in [0.2, 0.25) is 0 Å². The van der Waals surface area contributed by atoms with Gasteiger partial charge in [-0.25, -0.2) is 0 Å². The average Bonchev–Trinajstić information content (AvgIpc) is 2.53. The first-order chi connectivity index (χ1) is 10.6. The molecule has 22 heavy (non-hydrogen) atoms. The van der Waals surface area contributed by atoms with Crippen LogP contribution >= 0.6 is 0 Å². The summed E-state index contributed by atoms with van der Waals surface area (Å²) in [6.07, 6.45) is 0. The monoisotopic (exact) mass is 300 g/mol. The number of nitrogens with one attached hydrogen (secondary N) is 2. The molecule has 114 valence electrons. The van der Waals surface area contributed by atoms with Gasteiger partial charge in [-0.05, 0) is 48.5 Å². The smallest absolute Gasteiger partial charge is 0.308 e. The number of carbonyl (C=O) groups excluding carboxylic acids is 2. The van der Waals surface area contributed by atoms with Crippen molar-refractivity contribution in [1.82, 2.24) is 5.43 Å². The predicted octanol–water partition coefficient (Wildman–Crippen LogP) is 2.38. The Hall–Kier alpha value is -3.02. The van der Waals surface area contributed by atoms with Crippen molar-refractivity contribution in [2.75, 3.05) is 12.5 Å². The summed E-state index contributed by atoms with van der Waals surface area (Å²) in [7, 11) is 1.59. The van der Waals surface area contributed by atoms with Gasteiger partial charge in [-0.3, -0.25) is 20.4 Å². The highest BCUT2D eigenvalue weighted by Gasteiger charge is 2.06. The standard InChI is InChI=1S/C16H16N2O4/c1-11(19)22-15-7-3-12(4-8-15)16(20)18-17-13-5-9-14(21-2)10-6-13/h3-10,17H,1-2H3,(H,18,20). The molecule has 0 bridgehead atoms. The fourth-order valence-corrected chi connectivity index (χ4v) is 1.72. The number of ether oxygens (including phenoxy) is 2. The minimum absolute atomic E-state index is 0.301. The highest BCUT2D eigenvalue weighted by molar-refractivity contribution is 5.95. The first-order valence-corrected chi connectivity index (χ1v) is 6.57. The highest BCUT2D eigenvalue weighted by atomic mass is 16.5. The van der Waals surface area contributed by atoms with E-state index in [0.717, 1.165) is 11.4 Å². The average molecular weight is 300 g/mol. The normalized spacial score (nSPS) is 9.73. The van der Waals surface area contributed by atoms with Crippen LogP contribution in [0.5, 0.6) is 11.5 Å². The molecule has 2 rings (SSSR count). The maximum atomic E-state index is 12.0. The number of rotatable bonds is 5. The molecule has 0 fully saturated rings. The molecular weight excluding hydrogens is 284 g/mol. The molecule has 0 saturated carbocycles. The van der Waals surface area contributed by atoms with Crippen LogP contribution in [0.3, 0.4) is 0 Å². The molecular formula is C16H16N2O4. The highest BCUT2D eigenvalue weighted by Crippen LogP contribution is 2.15. The van der Waals surface area contributed by atoms with Crippen LogP contribution in [0.15, 0.2) is 48.5 Å². The van der Waals surface area contributed by atoms with Crippen molar-refractivity contribution in [3.05, 3.63) is 54.1 Å². The Morgan fingerprint density at radius 2 is 1.50 bits per heavy atom.